The molecule has 20 heavy (non-hydrogen) atoms. The molecule has 0 aliphatic carbocycles. The molecule has 0 amide bonds. The first-order valence-corrected chi connectivity index (χ1v) is 7.71. The first kappa shape index (κ1) is 14.7. The number of esters is 1. The fourth-order valence-electron chi connectivity index (χ4n) is 2.02. The molecule has 0 N–H and O–H groups in total. The van der Waals surface area contributed by atoms with Crippen LogP contribution in [0.4, 0.5) is 0 Å². The van der Waals surface area contributed by atoms with Gasteiger partial charge in [-0.05, 0) is 37.6 Å². The summed E-state index contributed by atoms with van der Waals surface area (Å²) < 4.78 is 7.08. The monoisotopic (exact) mass is 289 g/mol. The number of carbonyl (C=O) groups excluding carboxylic acids is 1. The van der Waals surface area contributed by atoms with Crippen molar-refractivity contribution >= 4 is 17.7 Å². The Hall–Kier alpha value is -1.68. The SMILES string of the molecule is CCOC(=O)c1c(C)ccn1CCSc1ccccc1. The minimum absolute atomic E-state index is 0.236. The van der Waals surface area contributed by atoms with Crippen LogP contribution in [0.5, 0.6) is 0 Å². The fraction of sp³-hybridized carbons (Fsp3) is 0.312. The molecule has 1 aromatic heterocycles. The zero-order chi connectivity index (χ0) is 14.4. The maximum Gasteiger partial charge on any atom is 0.355 e. The second-order valence-corrected chi connectivity index (χ2v) is 5.59. The van der Waals surface area contributed by atoms with E-state index in [-0.39, 0.29) is 5.97 Å². The van der Waals surface area contributed by atoms with Crippen molar-refractivity contribution in [1.82, 2.24) is 4.57 Å². The Kier molecular flexibility index (Phi) is 5.30. The maximum atomic E-state index is 11.9. The third kappa shape index (κ3) is 3.67. The van der Waals surface area contributed by atoms with Crippen molar-refractivity contribution in [2.45, 2.75) is 25.3 Å². The molecule has 0 aliphatic heterocycles. The van der Waals surface area contributed by atoms with E-state index in [4.69, 9.17) is 4.74 Å². The molecule has 0 spiro atoms. The molecule has 2 aromatic rings. The molecule has 0 saturated heterocycles. The largest absolute Gasteiger partial charge is 0.461 e. The Morgan fingerprint density at radius 2 is 2.00 bits per heavy atom. The van der Waals surface area contributed by atoms with Gasteiger partial charge in [0.15, 0.2) is 0 Å². The molecule has 0 unspecified atom stereocenters. The van der Waals surface area contributed by atoms with E-state index < -0.39 is 0 Å². The summed E-state index contributed by atoms with van der Waals surface area (Å²) >= 11 is 1.79. The van der Waals surface area contributed by atoms with Gasteiger partial charge in [0.25, 0.3) is 0 Å². The lowest BCUT2D eigenvalue weighted by atomic mass is 10.3. The van der Waals surface area contributed by atoms with E-state index in [1.807, 2.05) is 48.9 Å². The Bertz CT molecular complexity index is 563. The lowest BCUT2D eigenvalue weighted by Crippen LogP contribution is -2.14. The van der Waals surface area contributed by atoms with Gasteiger partial charge in [0.05, 0.1) is 6.61 Å². The van der Waals surface area contributed by atoms with Crippen LogP contribution in [0.2, 0.25) is 0 Å². The molecule has 0 bridgehead atoms. The van der Waals surface area contributed by atoms with Gasteiger partial charge in [-0.25, -0.2) is 4.79 Å². The number of rotatable bonds is 6. The lowest BCUT2D eigenvalue weighted by molar-refractivity contribution is 0.0513. The van der Waals surface area contributed by atoms with E-state index in [1.54, 1.807) is 11.8 Å². The van der Waals surface area contributed by atoms with E-state index >= 15 is 0 Å². The van der Waals surface area contributed by atoms with Crippen LogP contribution >= 0.6 is 11.8 Å². The van der Waals surface area contributed by atoms with Crippen LogP contribution in [-0.2, 0) is 11.3 Å². The molecule has 0 atom stereocenters. The summed E-state index contributed by atoms with van der Waals surface area (Å²) in [5.41, 5.74) is 1.63. The number of ether oxygens (including phenoxy) is 1. The average Bonchev–Trinajstić information content (AvgIpc) is 2.81. The zero-order valence-electron chi connectivity index (χ0n) is 11.8. The number of hydrogen-bond donors (Lipinski definition) is 0. The van der Waals surface area contributed by atoms with Gasteiger partial charge in [-0.2, -0.15) is 0 Å². The topological polar surface area (TPSA) is 31.2 Å². The smallest absolute Gasteiger partial charge is 0.355 e. The molecule has 4 heteroatoms. The highest BCUT2D eigenvalue weighted by molar-refractivity contribution is 7.99. The number of aromatic nitrogens is 1. The van der Waals surface area contributed by atoms with Gasteiger partial charge in [-0.1, -0.05) is 18.2 Å². The third-order valence-electron chi connectivity index (χ3n) is 2.98. The normalized spacial score (nSPS) is 10.5. The summed E-state index contributed by atoms with van der Waals surface area (Å²) in [6.07, 6.45) is 1.95. The predicted molar refractivity (Wildman–Crippen MR) is 82.3 cm³/mol. The molecule has 0 fully saturated rings. The quantitative estimate of drug-likeness (QED) is 0.599. The molecule has 0 aliphatic rings. The van der Waals surface area contributed by atoms with Gasteiger partial charge in [-0.15, -0.1) is 11.8 Å². The van der Waals surface area contributed by atoms with Crippen molar-refractivity contribution < 1.29 is 9.53 Å². The van der Waals surface area contributed by atoms with Crippen LogP contribution < -0.4 is 0 Å². The van der Waals surface area contributed by atoms with Crippen LogP contribution in [0.15, 0.2) is 47.5 Å². The Labute approximate surface area is 123 Å². The Morgan fingerprint density at radius 1 is 1.25 bits per heavy atom. The maximum absolute atomic E-state index is 11.9. The molecule has 2 rings (SSSR count). The van der Waals surface area contributed by atoms with Gasteiger partial charge in [-0.3, -0.25) is 0 Å². The van der Waals surface area contributed by atoms with Crippen molar-refractivity contribution in [2.24, 2.45) is 0 Å². The zero-order valence-corrected chi connectivity index (χ0v) is 12.7. The lowest BCUT2D eigenvalue weighted by Gasteiger charge is -2.09. The van der Waals surface area contributed by atoms with E-state index in [0.717, 1.165) is 17.9 Å². The molecular formula is C16H19NO2S. The highest BCUT2D eigenvalue weighted by atomic mass is 32.2. The van der Waals surface area contributed by atoms with Crippen molar-refractivity contribution in [1.29, 1.82) is 0 Å². The van der Waals surface area contributed by atoms with Gasteiger partial charge in [0, 0.05) is 23.4 Å². The van der Waals surface area contributed by atoms with E-state index in [1.165, 1.54) is 4.90 Å². The van der Waals surface area contributed by atoms with Crippen LogP contribution in [-0.4, -0.2) is 22.9 Å². The first-order valence-electron chi connectivity index (χ1n) is 6.73. The summed E-state index contributed by atoms with van der Waals surface area (Å²) in [6, 6.07) is 12.2. The van der Waals surface area contributed by atoms with Crippen molar-refractivity contribution in [3.8, 4) is 0 Å². The van der Waals surface area contributed by atoms with E-state index in [2.05, 4.69) is 12.1 Å². The van der Waals surface area contributed by atoms with E-state index in [9.17, 15) is 4.79 Å². The standard InChI is InChI=1S/C16H19NO2S/c1-3-19-16(18)15-13(2)9-10-17(15)11-12-20-14-7-5-4-6-8-14/h4-10H,3,11-12H2,1-2H3. The number of benzene rings is 1. The Morgan fingerprint density at radius 3 is 2.70 bits per heavy atom. The summed E-state index contributed by atoms with van der Waals surface area (Å²) in [6.45, 7) is 4.96. The first-order chi connectivity index (χ1) is 9.72. The number of carbonyl (C=O) groups is 1. The van der Waals surface area contributed by atoms with Crippen LogP contribution in [0.1, 0.15) is 23.0 Å². The molecule has 0 saturated carbocycles. The van der Waals surface area contributed by atoms with E-state index in [0.29, 0.717) is 12.3 Å². The van der Waals surface area contributed by atoms with Gasteiger partial charge >= 0.3 is 5.97 Å². The number of hydrogen-bond acceptors (Lipinski definition) is 3. The number of nitrogens with zero attached hydrogens (tertiary/aromatic N) is 1. The van der Waals surface area contributed by atoms with Crippen molar-refractivity contribution in [3.05, 3.63) is 53.9 Å². The molecule has 3 nitrogen and oxygen atoms in total. The van der Waals surface area contributed by atoms with Crippen molar-refractivity contribution in [3.63, 3.8) is 0 Å². The van der Waals surface area contributed by atoms with Crippen LogP contribution in [0, 0.1) is 6.92 Å². The summed E-state index contributed by atoms with van der Waals surface area (Å²) in [4.78, 5) is 13.2. The second-order valence-electron chi connectivity index (χ2n) is 4.42. The minimum atomic E-state index is -0.236. The molecule has 106 valence electrons. The summed E-state index contributed by atoms with van der Waals surface area (Å²) in [7, 11) is 0. The molecule has 1 aromatic carbocycles. The molecule has 0 radical (unpaired) electrons. The van der Waals surface area contributed by atoms with Crippen LogP contribution in [0.25, 0.3) is 0 Å². The fourth-order valence-corrected chi connectivity index (χ4v) is 2.90. The van der Waals surface area contributed by atoms with Gasteiger partial charge in [0.2, 0.25) is 0 Å². The second kappa shape index (κ2) is 7.20. The van der Waals surface area contributed by atoms with Gasteiger partial charge < -0.3 is 9.30 Å². The average molecular weight is 289 g/mol. The molecule has 1 heterocycles. The summed E-state index contributed by atoms with van der Waals surface area (Å²) in [5, 5.41) is 0. The molecular weight excluding hydrogens is 270 g/mol. The summed E-state index contributed by atoms with van der Waals surface area (Å²) in [5.74, 6) is 0.685. The minimum Gasteiger partial charge on any atom is -0.461 e. The highest BCUT2D eigenvalue weighted by Gasteiger charge is 2.15. The van der Waals surface area contributed by atoms with Gasteiger partial charge in [0.1, 0.15) is 5.69 Å². The third-order valence-corrected chi connectivity index (χ3v) is 3.97. The van der Waals surface area contributed by atoms with Crippen LogP contribution in [0.3, 0.4) is 0 Å². The number of thioether (sulfide) groups is 1. The van der Waals surface area contributed by atoms with Crippen molar-refractivity contribution in [2.75, 3.05) is 12.4 Å². The highest BCUT2D eigenvalue weighted by Crippen LogP contribution is 2.19. The number of aryl methyl sites for hydroxylation is 2. The predicted octanol–water partition coefficient (Wildman–Crippen LogP) is 3.77. The Balaban J connectivity index is 1.98.